The molecule has 19 heavy (non-hydrogen) atoms. The Bertz CT molecular complexity index is 582. The molecule has 1 aromatic carbocycles. The number of benzene rings is 1. The molecule has 1 N–H and O–H groups in total. The number of hydrogen-bond donors (Lipinski definition) is 1. The van der Waals surface area contributed by atoms with Crippen LogP contribution in [0, 0.1) is 11.7 Å². The highest BCUT2D eigenvalue weighted by molar-refractivity contribution is 7.91. The molecule has 4 nitrogen and oxygen atoms in total. The van der Waals surface area contributed by atoms with E-state index in [1.165, 1.54) is 18.2 Å². The van der Waals surface area contributed by atoms with Crippen LogP contribution in [0.25, 0.3) is 0 Å². The molecule has 0 aliphatic carbocycles. The quantitative estimate of drug-likeness (QED) is 0.900. The summed E-state index contributed by atoms with van der Waals surface area (Å²) in [4.78, 5) is 11.3. The Morgan fingerprint density at radius 3 is 2.58 bits per heavy atom. The van der Waals surface area contributed by atoms with Crippen molar-refractivity contribution in [2.45, 2.75) is 18.8 Å². The predicted molar refractivity (Wildman–Crippen MR) is 68.2 cm³/mol. The van der Waals surface area contributed by atoms with Gasteiger partial charge in [-0.2, -0.15) is 0 Å². The molecule has 2 rings (SSSR count). The van der Waals surface area contributed by atoms with Crippen molar-refractivity contribution in [3.8, 4) is 0 Å². The molecule has 0 spiro atoms. The molecule has 1 aliphatic rings. The second-order valence-corrected chi connectivity index (χ2v) is 7.14. The van der Waals surface area contributed by atoms with Gasteiger partial charge in [0.05, 0.1) is 17.4 Å². The Kier molecular flexibility index (Phi) is 3.89. The molecular weight excluding hydrogens is 271 g/mol. The van der Waals surface area contributed by atoms with Crippen molar-refractivity contribution < 1.29 is 22.7 Å². The molecule has 0 amide bonds. The summed E-state index contributed by atoms with van der Waals surface area (Å²) in [5.41, 5.74) is 0.560. The van der Waals surface area contributed by atoms with Crippen molar-refractivity contribution >= 4 is 15.8 Å². The molecule has 1 fully saturated rings. The van der Waals surface area contributed by atoms with Gasteiger partial charge in [-0.1, -0.05) is 12.1 Å². The molecule has 0 bridgehead atoms. The average molecular weight is 286 g/mol. The summed E-state index contributed by atoms with van der Waals surface area (Å²) in [6.45, 7) is 0. The number of carboxylic acids is 1. The van der Waals surface area contributed by atoms with E-state index < -0.39 is 33.5 Å². The van der Waals surface area contributed by atoms with Crippen molar-refractivity contribution in [2.24, 2.45) is 5.92 Å². The summed E-state index contributed by atoms with van der Waals surface area (Å²) in [7, 11) is -3.19. The van der Waals surface area contributed by atoms with Gasteiger partial charge in [0.1, 0.15) is 15.7 Å². The number of halogens is 1. The molecule has 1 saturated heterocycles. The first-order valence-corrected chi connectivity index (χ1v) is 7.90. The van der Waals surface area contributed by atoms with E-state index in [0.29, 0.717) is 5.56 Å². The fourth-order valence-corrected chi connectivity index (χ4v) is 3.98. The summed E-state index contributed by atoms with van der Waals surface area (Å²) in [6, 6.07) is 5.75. The lowest BCUT2D eigenvalue weighted by molar-refractivity contribution is -0.142. The maximum Gasteiger partial charge on any atom is 0.307 e. The smallest absolute Gasteiger partial charge is 0.307 e. The molecule has 6 heteroatoms. The van der Waals surface area contributed by atoms with Crippen LogP contribution in [0.1, 0.15) is 24.3 Å². The van der Waals surface area contributed by atoms with Crippen LogP contribution in [-0.4, -0.2) is 31.0 Å². The third kappa shape index (κ3) is 3.32. The Hall–Kier alpha value is -1.43. The third-order valence-electron chi connectivity index (χ3n) is 3.56. The Morgan fingerprint density at radius 1 is 1.26 bits per heavy atom. The molecule has 0 saturated carbocycles. The summed E-state index contributed by atoms with van der Waals surface area (Å²) in [5, 5.41) is 9.25. The van der Waals surface area contributed by atoms with Crippen molar-refractivity contribution in [1.82, 2.24) is 0 Å². The van der Waals surface area contributed by atoms with Gasteiger partial charge in [-0.15, -0.1) is 0 Å². The largest absolute Gasteiger partial charge is 0.481 e. The van der Waals surface area contributed by atoms with Gasteiger partial charge in [0.25, 0.3) is 0 Å². The lowest BCUT2D eigenvalue weighted by Gasteiger charge is -2.21. The van der Waals surface area contributed by atoms with Gasteiger partial charge < -0.3 is 5.11 Å². The molecule has 0 aromatic heterocycles. The normalized spacial score (nSPS) is 26.6. The van der Waals surface area contributed by atoms with Crippen molar-refractivity contribution in [2.75, 3.05) is 11.5 Å². The summed E-state index contributed by atoms with van der Waals surface area (Å²) >= 11 is 0. The van der Waals surface area contributed by atoms with Crippen LogP contribution < -0.4 is 0 Å². The minimum Gasteiger partial charge on any atom is -0.481 e. The van der Waals surface area contributed by atoms with E-state index in [1.54, 1.807) is 6.07 Å². The topological polar surface area (TPSA) is 71.4 Å². The lowest BCUT2D eigenvalue weighted by Crippen LogP contribution is -2.22. The number of sulfone groups is 1. The van der Waals surface area contributed by atoms with Gasteiger partial charge in [-0.3, -0.25) is 4.79 Å². The number of carboxylic acid groups (broad SMARTS) is 1. The van der Waals surface area contributed by atoms with E-state index in [1.807, 2.05) is 0 Å². The van der Waals surface area contributed by atoms with E-state index >= 15 is 0 Å². The molecular formula is C13H15FO4S. The zero-order chi connectivity index (χ0) is 14.0. The zero-order valence-electron chi connectivity index (χ0n) is 10.3. The number of rotatable bonds is 2. The van der Waals surface area contributed by atoms with Crippen LogP contribution in [0.15, 0.2) is 24.3 Å². The SMILES string of the molecule is O=C(O)C1CCS(=O)(=O)CCC1c1cccc(F)c1. The van der Waals surface area contributed by atoms with Gasteiger partial charge in [-0.25, -0.2) is 12.8 Å². The van der Waals surface area contributed by atoms with Gasteiger partial charge in [0, 0.05) is 0 Å². The molecule has 2 atom stereocenters. The second-order valence-electron chi connectivity index (χ2n) is 4.84. The van der Waals surface area contributed by atoms with Gasteiger partial charge >= 0.3 is 5.97 Å². The highest BCUT2D eigenvalue weighted by Gasteiger charge is 2.34. The Morgan fingerprint density at radius 2 is 1.95 bits per heavy atom. The first kappa shape index (κ1) is 14.0. The maximum atomic E-state index is 13.2. The molecule has 1 aliphatic heterocycles. The highest BCUT2D eigenvalue weighted by atomic mass is 32.2. The second kappa shape index (κ2) is 5.28. The van der Waals surface area contributed by atoms with E-state index in [9.17, 15) is 22.7 Å². The van der Waals surface area contributed by atoms with E-state index in [2.05, 4.69) is 0 Å². The number of hydrogen-bond acceptors (Lipinski definition) is 3. The molecule has 1 heterocycles. The van der Waals surface area contributed by atoms with Gasteiger partial charge in [0.15, 0.2) is 0 Å². The Balaban J connectivity index is 2.36. The van der Waals surface area contributed by atoms with Crippen LogP contribution in [0.4, 0.5) is 4.39 Å². The van der Waals surface area contributed by atoms with Crippen LogP contribution in [0.5, 0.6) is 0 Å². The zero-order valence-corrected chi connectivity index (χ0v) is 11.1. The Labute approximate surface area is 111 Å². The standard InChI is InChI=1S/C13H15FO4S/c14-10-3-1-2-9(8-10)11-4-6-19(17,18)7-5-12(11)13(15)16/h1-3,8,11-12H,4-7H2,(H,15,16). The van der Waals surface area contributed by atoms with Gasteiger partial charge in [-0.05, 0) is 36.5 Å². The van der Waals surface area contributed by atoms with Gasteiger partial charge in [0.2, 0.25) is 0 Å². The molecule has 2 unspecified atom stereocenters. The third-order valence-corrected chi connectivity index (χ3v) is 5.27. The number of carbonyl (C=O) groups is 1. The monoisotopic (exact) mass is 286 g/mol. The fraction of sp³-hybridized carbons (Fsp3) is 0.462. The molecule has 0 radical (unpaired) electrons. The minimum absolute atomic E-state index is 0.0437. The van der Waals surface area contributed by atoms with Crippen molar-refractivity contribution in [3.63, 3.8) is 0 Å². The van der Waals surface area contributed by atoms with E-state index in [0.717, 1.165) is 0 Å². The van der Waals surface area contributed by atoms with Crippen molar-refractivity contribution in [3.05, 3.63) is 35.6 Å². The predicted octanol–water partition coefficient (Wildman–Crippen LogP) is 1.82. The molecule has 1 aromatic rings. The average Bonchev–Trinajstić information content (AvgIpc) is 2.47. The van der Waals surface area contributed by atoms with Crippen LogP contribution in [0.2, 0.25) is 0 Å². The minimum atomic E-state index is -3.19. The van der Waals surface area contributed by atoms with E-state index in [-0.39, 0.29) is 24.3 Å². The van der Waals surface area contributed by atoms with Crippen molar-refractivity contribution in [1.29, 1.82) is 0 Å². The van der Waals surface area contributed by atoms with E-state index in [4.69, 9.17) is 0 Å². The highest BCUT2D eigenvalue weighted by Crippen LogP contribution is 2.34. The molecule has 104 valence electrons. The van der Waals surface area contributed by atoms with Crippen LogP contribution in [-0.2, 0) is 14.6 Å². The maximum absolute atomic E-state index is 13.2. The lowest BCUT2D eigenvalue weighted by atomic mass is 9.82. The fourth-order valence-electron chi connectivity index (χ4n) is 2.55. The van der Waals surface area contributed by atoms with Crippen LogP contribution in [0.3, 0.4) is 0 Å². The summed E-state index contributed by atoms with van der Waals surface area (Å²) < 4.78 is 36.5. The number of aliphatic carboxylic acids is 1. The summed E-state index contributed by atoms with van der Waals surface area (Å²) in [5.74, 6) is -2.85. The van der Waals surface area contributed by atoms with Crippen LogP contribution >= 0.6 is 0 Å². The first-order chi connectivity index (χ1) is 8.89. The summed E-state index contributed by atoms with van der Waals surface area (Å²) in [6.07, 6.45) is 0.307. The first-order valence-electron chi connectivity index (χ1n) is 6.08.